The number of carbonyl (C=O) groups is 2. The molecule has 3 rings (SSSR count). The van der Waals surface area contributed by atoms with E-state index < -0.39 is 50.1 Å². The van der Waals surface area contributed by atoms with Gasteiger partial charge in [-0.25, -0.2) is 18.0 Å². The van der Waals surface area contributed by atoms with E-state index in [4.69, 9.17) is 25.8 Å². The van der Waals surface area contributed by atoms with Crippen LogP contribution in [0.3, 0.4) is 0 Å². The highest BCUT2D eigenvalue weighted by molar-refractivity contribution is 7.91. The van der Waals surface area contributed by atoms with E-state index in [9.17, 15) is 28.2 Å². The summed E-state index contributed by atoms with van der Waals surface area (Å²) < 4.78 is 42.6. The third-order valence-electron chi connectivity index (χ3n) is 6.35. The topological polar surface area (TPSA) is 140 Å². The molecule has 43 heavy (non-hydrogen) atoms. The number of aromatic carboxylic acids is 1. The monoisotopic (exact) mass is 633 g/mol. The zero-order valence-electron chi connectivity index (χ0n) is 24.6. The van der Waals surface area contributed by atoms with E-state index in [0.29, 0.717) is 22.6 Å². The Kier molecular flexibility index (Phi) is 11.2. The lowest BCUT2D eigenvalue weighted by Gasteiger charge is -2.33. The van der Waals surface area contributed by atoms with Crippen LogP contribution in [0.5, 0.6) is 5.75 Å². The van der Waals surface area contributed by atoms with Crippen molar-refractivity contribution in [3.8, 4) is 5.75 Å². The minimum absolute atomic E-state index is 0.0671. The number of ether oxygens (including phenoxy) is 3. The highest BCUT2D eigenvalue weighted by Gasteiger charge is 2.30. The molecule has 3 aromatic carbocycles. The Hall–Kier alpha value is -3.64. The van der Waals surface area contributed by atoms with Crippen molar-refractivity contribution in [2.45, 2.75) is 61.7 Å². The van der Waals surface area contributed by atoms with E-state index in [1.165, 1.54) is 42.3 Å². The van der Waals surface area contributed by atoms with Gasteiger partial charge in [-0.1, -0.05) is 41.9 Å². The number of amides is 1. The van der Waals surface area contributed by atoms with Crippen molar-refractivity contribution in [1.82, 2.24) is 4.90 Å². The molecule has 0 unspecified atom stereocenters. The number of carbonyl (C=O) groups excluding carboxylic acids is 1. The number of rotatable bonds is 12. The van der Waals surface area contributed by atoms with Crippen molar-refractivity contribution >= 4 is 33.5 Å². The van der Waals surface area contributed by atoms with E-state index in [0.717, 1.165) is 0 Å². The molecule has 0 saturated heterocycles. The summed E-state index contributed by atoms with van der Waals surface area (Å²) in [6.07, 6.45) is -1.34. The molecule has 12 heteroatoms. The third kappa shape index (κ3) is 8.93. The first-order valence-electron chi connectivity index (χ1n) is 13.4. The predicted molar refractivity (Wildman–Crippen MR) is 160 cm³/mol. The van der Waals surface area contributed by atoms with Crippen molar-refractivity contribution in [1.29, 1.82) is 0 Å². The molecule has 0 spiro atoms. The van der Waals surface area contributed by atoms with Crippen LogP contribution in [0.15, 0.2) is 76.5 Å². The highest BCUT2D eigenvalue weighted by Crippen LogP contribution is 2.31. The van der Waals surface area contributed by atoms with Crippen molar-refractivity contribution in [3.63, 3.8) is 0 Å². The number of benzene rings is 3. The maximum Gasteiger partial charge on any atom is 0.410 e. The number of halogens is 1. The van der Waals surface area contributed by atoms with Gasteiger partial charge in [0.05, 0.1) is 22.4 Å². The van der Waals surface area contributed by atoms with Crippen LogP contribution in [-0.4, -0.2) is 67.7 Å². The molecule has 0 radical (unpaired) electrons. The molecule has 0 aliphatic rings. The van der Waals surface area contributed by atoms with Gasteiger partial charge in [0.1, 0.15) is 16.9 Å². The number of sulfone groups is 1. The standard InChI is InChI=1S/C31H36ClNO9S/c1-20(33(30(37)42-31(2,3)4)18-25(34)22-8-6-9-23(32)17-22)16-21-12-14-24(15-13-21)43(38,39)27-11-7-10-26(41-19-40-5)28(27)29(35)36/h6-15,17,20,25,34H,16,18-19H2,1-5H3,(H,35,36)/t20-,25+/m1/s1. The summed E-state index contributed by atoms with van der Waals surface area (Å²) in [4.78, 5) is 26.1. The van der Waals surface area contributed by atoms with E-state index in [-0.39, 0.29) is 24.0 Å². The second-order valence-corrected chi connectivity index (χ2v) is 13.2. The Balaban J connectivity index is 1.87. The summed E-state index contributed by atoms with van der Waals surface area (Å²) in [7, 11) is -2.88. The fourth-order valence-corrected chi connectivity index (χ4v) is 5.99. The molecule has 0 fully saturated rings. The van der Waals surface area contributed by atoms with Gasteiger partial charge >= 0.3 is 12.1 Å². The first kappa shape index (κ1) is 33.9. The van der Waals surface area contributed by atoms with Gasteiger partial charge in [0.15, 0.2) is 6.79 Å². The second-order valence-electron chi connectivity index (χ2n) is 10.9. The molecule has 0 bridgehead atoms. The van der Waals surface area contributed by atoms with Gasteiger partial charge in [-0.3, -0.25) is 0 Å². The lowest BCUT2D eigenvalue weighted by Crippen LogP contribution is -2.45. The number of aliphatic hydroxyl groups excluding tert-OH is 1. The summed E-state index contributed by atoms with van der Waals surface area (Å²) in [5.74, 6) is -1.60. The van der Waals surface area contributed by atoms with Crippen LogP contribution in [0.1, 0.15) is 55.3 Å². The number of nitrogens with zero attached hydrogens (tertiary/aromatic N) is 1. The molecule has 0 saturated carbocycles. The fraction of sp³-hybridized carbons (Fsp3) is 0.355. The molecule has 2 N–H and O–H groups in total. The molecule has 3 aromatic rings. The van der Waals surface area contributed by atoms with Gasteiger partial charge in [-0.2, -0.15) is 0 Å². The minimum atomic E-state index is -4.24. The molecule has 0 aliphatic heterocycles. The zero-order chi connectivity index (χ0) is 31.9. The van der Waals surface area contributed by atoms with Crippen LogP contribution < -0.4 is 4.74 Å². The molecule has 0 heterocycles. The van der Waals surface area contributed by atoms with Crippen molar-refractivity contribution < 1.29 is 42.4 Å². The van der Waals surface area contributed by atoms with Crippen LogP contribution in [0.4, 0.5) is 4.79 Å². The number of carboxylic acid groups (broad SMARTS) is 1. The highest BCUT2D eigenvalue weighted by atomic mass is 35.5. The van der Waals surface area contributed by atoms with Crippen LogP contribution in [0.2, 0.25) is 5.02 Å². The van der Waals surface area contributed by atoms with E-state index in [1.807, 2.05) is 0 Å². The van der Waals surface area contributed by atoms with Gasteiger partial charge in [-0.15, -0.1) is 0 Å². The number of hydrogen-bond acceptors (Lipinski definition) is 8. The maximum atomic E-state index is 13.5. The normalized spacial score (nSPS) is 13.2. The summed E-state index contributed by atoms with van der Waals surface area (Å²) in [5, 5.41) is 21.1. The van der Waals surface area contributed by atoms with E-state index >= 15 is 0 Å². The van der Waals surface area contributed by atoms with Crippen LogP contribution in [-0.2, 0) is 25.7 Å². The Bertz CT molecular complexity index is 1540. The predicted octanol–water partition coefficient (Wildman–Crippen LogP) is 5.76. The number of methoxy groups -OCH3 is 1. The van der Waals surface area contributed by atoms with Crippen molar-refractivity contribution in [2.24, 2.45) is 0 Å². The molecule has 232 valence electrons. The quantitative estimate of drug-likeness (QED) is 0.238. The van der Waals surface area contributed by atoms with E-state index in [2.05, 4.69) is 0 Å². The van der Waals surface area contributed by atoms with Crippen LogP contribution in [0, 0.1) is 0 Å². The molecule has 0 aromatic heterocycles. The van der Waals surface area contributed by atoms with Gasteiger partial charge in [0, 0.05) is 18.2 Å². The SMILES string of the molecule is COCOc1cccc(S(=O)(=O)c2ccc(C[C@@H](C)N(C[C@H](O)c3cccc(Cl)c3)C(=O)OC(C)(C)C)cc2)c1C(=O)O. The summed E-state index contributed by atoms with van der Waals surface area (Å²) in [6.45, 7) is 6.71. The maximum absolute atomic E-state index is 13.5. The lowest BCUT2D eigenvalue weighted by molar-refractivity contribution is 0.00545. The molecule has 10 nitrogen and oxygen atoms in total. The molecular formula is C31H36ClNO9S. The third-order valence-corrected chi connectivity index (χ3v) is 8.40. The second kappa shape index (κ2) is 14.2. The number of hydrogen-bond donors (Lipinski definition) is 2. The number of aliphatic hydroxyl groups is 1. The largest absolute Gasteiger partial charge is 0.478 e. The first-order valence-corrected chi connectivity index (χ1v) is 15.3. The average Bonchev–Trinajstić information content (AvgIpc) is 2.93. The lowest BCUT2D eigenvalue weighted by atomic mass is 10.0. The molecule has 2 atom stereocenters. The molecular weight excluding hydrogens is 598 g/mol. The average molecular weight is 634 g/mol. The Labute approximate surface area is 256 Å². The smallest absolute Gasteiger partial charge is 0.410 e. The van der Waals surface area contributed by atoms with Gasteiger partial charge in [0.25, 0.3) is 0 Å². The summed E-state index contributed by atoms with van der Waals surface area (Å²) >= 11 is 6.08. The fourth-order valence-electron chi connectivity index (χ4n) is 4.33. The van der Waals surface area contributed by atoms with Gasteiger partial charge in [-0.05, 0) is 81.6 Å². The van der Waals surface area contributed by atoms with Crippen molar-refractivity contribution in [3.05, 3.63) is 88.4 Å². The number of carboxylic acids is 1. The summed E-state index contributed by atoms with van der Waals surface area (Å²) in [6, 6.07) is 16.2. The Morgan fingerprint density at radius 2 is 1.67 bits per heavy atom. The van der Waals surface area contributed by atoms with E-state index in [1.54, 1.807) is 64.1 Å². The van der Waals surface area contributed by atoms with Crippen LogP contribution in [0.25, 0.3) is 0 Å². The van der Waals surface area contributed by atoms with Crippen molar-refractivity contribution in [2.75, 3.05) is 20.4 Å². The Morgan fingerprint density at radius 1 is 1.02 bits per heavy atom. The first-order chi connectivity index (χ1) is 20.1. The molecule has 0 aliphatic carbocycles. The summed E-state index contributed by atoms with van der Waals surface area (Å²) in [5.41, 5.74) is -0.0242. The Morgan fingerprint density at radius 3 is 2.26 bits per heavy atom. The van der Waals surface area contributed by atoms with Crippen LogP contribution >= 0.6 is 11.6 Å². The van der Waals surface area contributed by atoms with Gasteiger partial charge in [0.2, 0.25) is 9.84 Å². The molecule has 1 amide bonds. The minimum Gasteiger partial charge on any atom is -0.478 e. The van der Waals surface area contributed by atoms with Gasteiger partial charge < -0.3 is 29.3 Å². The zero-order valence-corrected chi connectivity index (χ0v) is 26.2.